The molecule has 0 N–H and O–H groups in total. The molecule has 0 nitrogen and oxygen atoms in total. The van der Waals surface area contributed by atoms with Crippen LogP contribution in [0.3, 0.4) is 0 Å². The molecule has 1 aromatic rings. The number of halogens is 2. The van der Waals surface area contributed by atoms with E-state index in [1.165, 1.54) is 6.07 Å². The lowest BCUT2D eigenvalue weighted by Gasteiger charge is -2.02. The van der Waals surface area contributed by atoms with Gasteiger partial charge in [0.15, 0.2) is 0 Å². The Labute approximate surface area is 74.6 Å². The highest BCUT2D eigenvalue weighted by atomic mass is 79.9. The molecule has 1 atom stereocenters. The van der Waals surface area contributed by atoms with Crippen LogP contribution in [0.15, 0.2) is 24.3 Å². The Morgan fingerprint density at radius 3 is 2.82 bits per heavy atom. The first-order chi connectivity index (χ1) is 5.18. The number of hydrogen-bond acceptors (Lipinski definition) is 0. The number of hydrogen-bond donors (Lipinski definition) is 0. The Balaban J connectivity index is 2.71. The van der Waals surface area contributed by atoms with E-state index in [1.807, 2.05) is 13.0 Å². The summed E-state index contributed by atoms with van der Waals surface area (Å²) in [5, 5.41) is 0. The Hall–Kier alpha value is -0.370. The van der Waals surface area contributed by atoms with Crippen LogP contribution in [0.5, 0.6) is 0 Å². The summed E-state index contributed by atoms with van der Waals surface area (Å²) in [6.07, 6.45) is 0.873. The first-order valence-corrected chi connectivity index (χ1v) is 4.48. The van der Waals surface area contributed by atoms with Crippen molar-refractivity contribution in [2.45, 2.75) is 18.2 Å². The Kier molecular flexibility index (Phi) is 3.06. The largest absolute Gasteiger partial charge is 0.207 e. The van der Waals surface area contributed by atoms with Crippen LogP contribution < -0.4 is 0 Å². The van der Waals surface area contributed by atoms with Crippen LogP contribution in [0, 0.1) is 5.82 Å². The third kappa shape index (κ3) is 3.02. The summed E-state index contributed by atoms with van der Waals surface area (Å²) in [6.45, 7) is 2.05. The van der Waals surface area contributed by atoms with Crippen LogP contribution in [0.1, 0.15) is 12.5 Å². The van der Waals surface area contributed by atoms with E-state index in [-0.39, 0.29) is 5.82 Å². The van der Waals surface area contributed by atoms with Crippen LogP contribution in [0.2, 0.25) is 0 Å². The zero-order valence-electron chi connectivity index (χ0n) is 6.35. The maximum absolute atomic E-state index is 12.6. The monoisotopic (exact) mass is 216 g/mol. The van der Waals surface area contributed by atoms with Crippen molar-refractivity contribution >= 4 is 15.9 Å². The van der Waals surface area contributed by atoms with E-state index in [2.05, 4.69) is 15.9 Å². The Morgan fingerprint density at radius 1 is 1.55 bits per heavy atom. The van der Waals surface area contributed by atoms with Gasteiger partial charge in [-0.15, -0.1) is 0 Å². The number of benzene rings is 1. The molecular weight excluding hydrogens is 207 g/mol. The summed E-state index contributed by atoms with van der Waals surface area (Å²) in [5.74, 6) is -0.157. The van der Waals surface area contributed by atoms with Crippen molar-refractivity contribution in [1.82, 2.24) is 0 Å². The molecule has 60 valence electrons. The topological polar surface area (TPSA) is 0 Å². The van der Waals surface area contributed by atoms with Gasteiger partial charge in [-0.05, 0) is 24.1 Å². The summed E-state index contributed by atoms with van der Waals surface area (Å²) < 4.78 is 12.6. The molecule has 0 saturated heterocycles. The summed E-state index contributed by atoms with van der Waals surface area (Å²) in [5.41, 5.74) is 1.04. The van der Waals surface area contributed by atoms with Gasteiger partial charge in [0.2, 0.25) is 0 Å². The lowest BCUT2D eigenvalue weighted by molar-refractivity contribution is 0.625. The van der Waals surface area contributed by atoms with Gasteiger partial charge in [-0.3, -0.25) is 0 Å². The van der Waals surface area contributed by atoms with Crippen molar-refractivity contribution in [2.24, 2.45) is 0 Å². The number of rotatable bonds is 2. The summed E-state index contributed by atoms with van der Waals surface area (Å²) >= 11 is 3.41. The normalized spacial score (nSPS) is 13.0. The van der Waals surface area contributed by atoms with Crippen molar-refractivity contribution in [2.75, 3.05) is 0 Å². The Bertz CT molecular complexity index is 233. The van der Waals surface area contributed by atoms with Crippen molar-refractivity contribution in [3.05, 3.63) is 35.6 Å². The second-order valence-corrected chi connectivity index (χ2v) is 4.18. The molecule has 0 aromatic heterocycles. The minimum Gasteiger partial charge on any atom is -0.207 e. The second-order valence-electron chi connectivity index (χ2n) is 2.61. The maximum atomic E-state index is 12.6. The smallest absolute Gasteiger partial charge is 0.123 e. The SMILES string of the molecule is C[C@H](Br)Cc1cccc(F)c1. The van der Waals surface area contributed by atoms with E-state index in [4.69, 9.17) is 0 Å². The van der Waals surface area contributed by atoms with Crippen LogP contribution in [0.4, 0.5) is 4.39 Å². The van der Waals surface area contributed by atoms with Crippen molar-refractivity contribution in [3.8, 4) is 0 Å². The molecule has 0 aliphatic carbocycles. The van der Waals surface area contributed by atoms with Crippen LogP contribution >= 0.6 is 15.9 Å². The molecule has 0 fully saturated rings. The molecule has 0 heterocycles. The lowest BCUT2D eigenvalue weighted by Crippen LogP contribution is -1.96. The van der Waals surface area contributed by atoms with Gasteiger partial charge >= 0.3 is 0 Å². The predicted molar refractivity (Wildman–Crippen MR) is 48.5 cm³/mol. The molecule has 0 unspecified atom stereocenters. The van der Waals surface area contributed by atoms with Gasteiger partial charge in [0.1, 0.15) is 5.82 Å². The molecule has 0 bridgehead atoms. The minimum atomic E-state index is -0.157. The standard InChI is InChI=1S/C9H10BrF/c1-7(10)5-8-3-2-4-9(11)6-8/h2-4,6-7H,5H2,1H3/t7-/m0/s1. The van der Waals surface area contributed by atoms with Gasteiger partial charge < -0.3 is 0 Å². The van der Waals surface area contributed by atoms with E-state index in [1.54, 1.807) is 12.1 Å². The molecule has 0 saturated carbocycles. The molecule has 11 heavy (non-hydrogen) atoms. The highest BCUT2D eigenvalue weighted by molar-refractivity contribution is 9.09. The molecule has 0 aliphatic heterocycles. The molecular formula is C9H10BrF. The molecule has 0 spiro atoms. The van der Waals surface area contributed by atoms with E-state index in [0.717, 1.165) is 12.0 Å². The van der Waals surface area contributed by atoms with Crippen LogP contribution in [-0.2, 0) is 6.42 Å². The quantitative estimate of drug-likeness (QED) is 0.667. The third-order valence-corrected chi connectivity index (χ3v) is 1.73. The maximum Gasteiger partial charge on any atom is 0.123 e. The average molecular weight is 217 g/mol. The highest BCUT2D eigenvalue weighted by Crippen LogP contribution is 2.10. The van der Waals surface area contributed by atoms with Gasteiger partial charge in [-0.2, -0.15) is 0 Å². The first-order valence-electron chi connectivity index (χ1n) is 3.57. The molecule has 0 aliphatic rings. The van der Waals surface area contributed by atoms with Crippen LogP contribution in [0.25, 0.3) is 0 Å². The number of alkyl halides is 1. The van der Waals surface area contributed by atoms with Crippen molar-refractivity contribution in [1.29, 1.82) is 0 Å². The average Bonchev–Trinajstić information content (AvgIpc) is 1.85. The Morgan fingerprint density at radius 2 is 2.27 bits per heavy atom. The van der Waals surface area contributed by atoms with Gasteiger partial charge in [-0.25, -0.2) is 4.39 Å². The molecule has 1 rings (SSSR count). The summed E-state index contributed by atoms with van der Waals surface area (Å²) in [6, 6.07) is 6.70. The lowest BCUT2D eigenvalue weighted by atomic mass is 10.1. The first kappa shape index (κ1) is 8.72. The van der Waals surface area contributed by atoms with Gasteiger partial charge in [0.05, 0.1) is 0 Å². The van der Waals surface area contributed by atoms with E-state index in [0.29, 0.717) is 4.83 Å². The van der Waals surface area contributed by atoms with Crippen molar-refractivity contribution < 1.29 is 4.39 Å². The second kappa shape index (κ2) is 3.86. The van der Waals surface area contributed by atoms with E-state index >= 15 is 0 Å². The van der Waals surface area contributed by atoms with Gasteiger partial charge in [-0.1, -0.05) is 35.0 Å². The minimum absolute atomic E-state index is 0.157. The molecule has 0 radical (unpaired) electrons. The summed E-state index contributed by atoms with van der Waals surface area (Å²) in [7, 11) is 0. The summed E-state index contributed by atoms with van der Waals surface area (Å²) in [4.78, 5) is 0.407. The van der Waals surface area contributed by atoms with E-state index in [9.17, 15) is 4.39 Å². The zero-order chi connectivity index (χ0) is 8.27. The van der Waals surface area contributed by atoms with Gasteiger partial charge in [0.25, 0.3) is 0 Å². The van der Waals surface area contributed by atoms with Crippen molar-refractivity contribution in [3.63, 3.8) is 0 Å². The van der Waals surface area contributed by atoms with E-state index < -0.39 is 0 Å². The molecule has 2 heteroatoms. The molecule has 0 amide bonds. The fraction of sp³-hybridized carbons (Fsp3) is 0.333. The van der Waals surface area contributed by atoms with Gasteiger partial charge in [0, 0.05) is 4.83 Å². The zero-order valence-corrected chi connectivity index (χ0v) is 7.94. The van der Waals surface area contributed by atoms with Crippen LogP contribution in [-0.4, -0.2) is 4.83 Å². The predicted octanol–water partition coefficient (Wildman–Crippen LogP) is 3.15. The highest BCUT2D eigenvalue weighted by Gasteiger charge is 1.98. The fourth-order valence-corrected chi connectivity index (χ4v) is 1.36. The third-order valence-electron chi connectivity index (χ3n) is 1.41. The molecule has 1 aromatic carbocycles. The fourth-order valence-electron chi connectivity index (χ4n) is 0.989.